The molecule has 0 spiro atoms. The number of Topliss-reactive ketones (excluding diaryl/α,β-unsaturated/α-hetero) is 1. The Balaban J connectivity index is 2.52. The summed E-state index contributed by atoms with van der Waals surface area (Å²) in [7, 11) is 0. The number of allylic oxidation sites excluding steroid dienone is 1. The van der Waals surface area contributed by atoms with Crippen LogP contribution in [-0.4, -0.2) is 5.78 Å². The first-order valence-corrected chi connectivity index (χ1v) is 5.78. The third kappa shape index (κ3) is 2.46. The van der Waals surface area contributed by atoms with Gasteiger partial charge in [-0.1, -0.05) is 25.3 Å². The predicted octanol–water partition coefficient (Wildman–Crippen LogP) is 3.88. The van der Waals surface area contributed by atoms with Crippen molar-refractivity contribution in [3.8, 4) is 0 Å². The minimum Gasteiger partial charge on any atom is -0.299 e. The summed E-state index contributed by atoms with van der Waals surface area (Å²) in [5.74, 6) is 0.487. The summed E-state index contributed by atoms with van der Waals surface area (Å²) >= 11 is 0. The van der Waals surface area contributed by atoms with E-state index in [-0.39, 0.29) is 5.41 Å². The molecule has 0 saturated heterocycles. The van der Waals surface area contributed by atoms with Gasteiger partial charge in [-0.3, -0.25) is 4.79 Å². The van der Waals surface area contributed by atoms with Crippen LogP contribution in [0.3, 0.4) is 0 Å². The molecule has 1 aliphatic rings. The van der Waals surface area contributed by atoms with Gasteiger partial charge in [0.15, 0.2) is 0 Å². The zero-order valence-electron chi connectivity index (χ0n) is 9.57. The highest BCUT2D eigenvalue weighted by Gasteiger charge is 2.38. The fraction of sp³-hybridized carbons (Fsp3) is 0.769. The lowest BCUT2D eigenvalue weighted by atomic mass is 9.77. The van der Waals surface area contributed by atoms with Crippen LogP contribution in [0, 0.1) is 5.41 Å². The standard InChI is InChI=1S/C13H22O/c1-4-13(9-5-6-10-13)12(14)8-7-11(2)3/h2,4-10H2,1,3H3. The molecule has 0 aromatic rings. The Bertz CT molecular complexity index is 221. The first-order valence-electron chi connectivity index (χ1n) is 5.78. The van der Waals surface area contributed by atoms with Gasteiger partial charge in [0, 0.05) is 11.8 Å². The van der Waals surface area contributed by atoms with Gasteiger partial charge in [0.2, 0.25) is 0 Å². The Hall–Kier alpha value is -0.590. The van der Waals surface area contributed by atoms with Gasteiger partial charge in [0.05, 0.1) is 0 Å². The van der Waals surface area contributed by atoms with E-state index in [2.05, 4.69) is 13.5 Å². The second kappa shape index (κ2) is 4.77. The Morgan fingerprint density at radius 3 is 2.29 bits per heavy atom. The third-order valence-electron chi connectivity index (χ3n) is 3.61. The van der Waals surface area contributed by atoms with E-state index in [1.54, 1.807) is 0 Å². The number of carbonyl (C=O) groups excluding carboxylic acids is 1. The maximum atomic E-state index is 12.1. The van der Waals surface area contributed by atoms with Crippen molar-refractivity contribution in [2.24, 2.45) is 5.41 Å². The van der Waals surface area contributed by atoms with Crippen LogP contribution in [-0.2, 0) is 4.79 Å². The summed E-state index contributed by atoms with van der Waals surface area (Å²) in [4.78, 5) is 12.1. The van der Waals surface area contributed by atoms with Crippen LogP contribution in [0.15, 0.2) is 12.2 Å². The van der Waals surface area contributed by atoms with E-state index in [9.17, 15) is 4.79 Å². The van der Waals surface area contributed by atoms with Gasteiger partial charge in [-0.15, -0.1) is 6.58 Å². The molecule has 1 aliphatic carbocycles. The molecule has 0 radical (unpaired) electrons. The predicted molar refractivity (Wildman–Crippen MR) is 60.2 cm³/mol. The molecule has 80 valence electrons. The molecule has 14 heavy (non-hydrogen) atoms. The van der Waals surface area contributed by atoms with Gasteiger partial charge in [-0.25, -0.2) is 0 Å². The van der Waals surface area contributed by atoms with Crippen molar-refractivity contribution in [2.75, 3.05) is 0 Å². The summed E-state index contributed by atoms with van der Waals surface area (Å²) in [5, 5.41) is 0. The molecule has 0 heterocycles. The monoisotopic (exact) mass is 194 g/mol. The highest BCUT2D eigenvalue weighted by atomic mass is 16.1. The molecule has 0 aromatic carbocycles. The van der Waals surface area contributed by atoms with E-state index in [1.807, 2.05) is 6.92 Å². The van der Waals surface area contributed by atoms with Gasteiger partial charge in [-0.05, 0) is 32.6 Å². The summed E-state index contributed by atoms with van der Waals surface area (Å²) in [6, 6.07) is 0. The molecule has 0 N–H and O–H groups in total. The lowest BCUT2D eigenvalue weighted by Gasteiger charge is -2.25. The number of carbonyl (C=O) groups is 1. The van der Waals surface area contributed by atoms with Gasteiger partial charge in [-0.2, -0.15) is 0 Å². The SMILES string of the molecule is C=C(C)CCC(=O)C1(CC)CCCC1. The van der Waals surface area contributed by atoms with Crippen molar-refractivity contribution in [1.82, 2.24) is 0 Å². The maximum absolute atomic E-state index is 12.1. The van der Waals surface area contributed by atoms with Crippen LogP contribution in [0.5, 0.6) is 0 Å². The molecule has 1 saturated carbocycles. The molecule has 0 aromatic heterocycles. The van der Waals surface area contributed by atoms with Gasteiger partial charge < -0.3 is 0 Å². The Morgan fingerprint density at radius 1 is 1.29 bits per heavy atom. The van der Waals surface area contributed by atoms with E-state index in [4.69, 9.17) is 0 Å². The van der Waals surface area contributed by atoms with Crippen molar-refractivity contribution < 1.29 is 4.79 Å². The van der Waals surface area contributed by atoms with Crippen molar-refractivity contribution in [3.05, 3.63) is 12.2 Å². The molecule has 0 amide bonds. The van der Waals surface area contributed by atoms with E-state index in [0.29, 0.717) is 12.2 Å². The average molecular weight is 194 g/mol. The quantitative estimate of drug-likeness (QED) is 0.607. The van der Waals surface area contributed by atoms with Crippen LogP contribution in [0.4, 0.5) is 0 Å². The Kier molecular flexibility index (Phi) is 3.91. The minimum absolute atomic E-state index is 0.0510. The average Bonchev–Trinajstić information content (AvgIpc) is 2.63. The number of hydrogen-bond donors (Lipinski definition) is 0. The summed E-state index contributed by atoms with van der Waals surface area (Å²) < 4.78 is 0. The molecule has 0 atom stereocenters. The lowest BCUT2D eigenvalue weighted by Crippen LogP contribution is -2.27. The van der Waals surface area contributed by atoms with E-state index >= 15 is 0 Å². The van der Waals surface area contributed by atoms with Gasteiger partial charge >= 0.3 is 0 Å². The van der Waals surface area contributed by atoms with Crippen molar-refractivity contribution in [2.45, 2.75) is 58.8 Å². The minimum atomic E-state index is 0.0510. The smallest absolute Gasteiger partial charge is 0.139 e. The molecule has 0 aliphatic heterocycles. The zero-order chi connectivity index (χ0) is 10.6. The molecular formula is C13H22O. The highest BCUT2D eigenvalue weighted by molar-refractivity contribution is 5.85. The normalized spacial score (nSPS) is 19.6. The van der Waals surface area contributed by atoms with Crippen LogP contribution < -0.4 is 0 Å². The summed E-state index contributed by atoms with van der Waals surface area (Å²) in [6.45, 7) is 8.01. The van der Waals surface area contributed by atoms with Gasteiger partial charge in [0.1, 0.15) is 5.78 Å². The van der Waals surface area contributed by atoms with Crippen LogP contribution >= 0.6 is 0 Å². The summed E-state index contributed by atoms with van der Waals surface area (Å²) in [5.41, 5.74) is 1.18. The molecule has 1 heteroatoms. The first-order chi connectivity index (χ1) is 6.60. The number of hydrogen-bond acceptors (Lipinski definition) is 1. The summed E-state index contributed by atoms with van der Waals surface area (Å²) in [6.07, 6.45) is 7.35. The fourth-order valence-electron chi connectivity index (χ4n) is 2.47. The molecule has 0 bridgehead atoms. The van der Waals surface area contributed by atoms with Gasteiger partial charge in [0.25, 0.3) is 0 Å². The molecule has 1 nitrogen and oxygen atoms in total. The third-order valence-corrected chi connectivity index (χ3v) is 3.61. The zero-order valence-corrected chi connectivity index (χ0v) is 9.57. The second-order valence-electron chi connectivity index (χ2n) is 4.72. The largest absolute Gasteiger partial charge is 0.299 e. The number of rotatable bonds is 5. The van der Waals surface area contributed by atoms with Crippen molar-refractivity contribution in [1.29, 1.82) is 0 Å². The fourth-order valence-corrected chi connectivity index (χ4v) is 2.47. The van der Waals surface area contributed by atoms with Crippen molar-refractivity contribution >= 4 is 5.78 Å². The van der Waals surface area contributed by atoms with Crippen LogP contribution in [0.2, 0.25) is 0 Å². The molecule has 1 fully saturated rings. The second-order valence-corrected chi connectivity index (χ2v) is 4.72. The van der Waals surface area contributed by atoms with Crippen LogP contribution in [0.1, 0.15) is 58.8 Å². The molecule has 0 unspecified atom stereocenters. The van der Waals surface area contributed by atoms with Crippen molar-refractivity contribution in [3.63, 3.8) is 0 Å². The van der Waals surface area contributed by atoms with E-state index < -0.39 is 0 Å². The van der Waals surface area contributed by atoms with Crippen LogP contribution in [0.25, 0.3) is 0 Å². The van der Waals surface area contributed by atoms with E-state index in [1.165, 1.54) is 12.8 Å². The molecular weight excluding hydrogens is 172 g/mol. The first kappa shape index (κ1) is 11.5. The molecule has 1 rings (SSSR count). The Morgan fingerprint density at radius 2 is 1.86 bits per heavy atom. The topological polar surface area (TPSA) is 17.1 Å². The Labute approximate surface area is 87.6 Å². The van der Waals surface area contributed by atoms with E-state index in [0.717, 1.165) is 31.3 Å². The maximum Gasteiger partial charge on any atom is 0.139 e. The lowest BCUT2D eigenvalue weighted by molar-refractivity contribution is -0.128. The number of ketones is 1. The highest BCUT2D eigenvalue weighted by Crippen LogP contribution is 2.42.